The first kappa shape index (κ1) is 11.7. The molecule has 1 unspecified atom stereocenters. The first-order chi connectivity index (χ1) is 7.72. The molecule has 0 spiro atoms. The lowest BCUT2D eigenvalue weighted by Gasteiger charge is -2.25. The van der Waals surface area contributed by atoms with Crippen LogP contribution in [0.3, 0.4) is 0 Å². The Kier molecular flexibility index (Phi) is 3.72. The topological polar surface area (TPSA) is 21.3 Å². The van der Waals surface area contributed by atoms with Crippen molar-refractivity contribution in [3.8, 4) is 5.75 Å². The van der Waals surface area contributed by atoms with Gasteiger partial charge in [-0.1, -0.05) is 11.6 Å². The molecule has 1 saturated heterocycles. The number of nitrogens with one attached hydrogen (secondary N) is 1. The SMILES string of the molecule is COc1cc(C)c(Cl)c(C2CCCNC2)c1. The molecule has 2 rings (SSSR count). The number of aryl methyl sites for hydroxylation is 1. The van der Waals surface area contributed by atoms with Crippen LogP contribution in [0.15, 0.2) is 12.1 Å². The van der Waals surface area contributed by atoms with Gasteiger partial charge in [0, 0.05) is 11.6 Å². The van der Waals surface area contributed by atoms with E-state index in [1.54, 1.807) is 7.11 Å². The summed E-state index contributed by atoms with van der Waals surface area (Å²) in [4.78, 5) is 0. The largest absolute Gasteiger partial charge is 0.497 e. The Hall–Kier alpha value is -0.730. The van der Waals surface area contributed by atoms with Crippen molar-refractivity contribution < 1.29 is 4.74 Å². The van der Waals surface area contributed by atoms with Gasteiger partial charge in [-0.3, -0.25) is 0 Å². The number of hydrogen-bond donors (Lipinski definition) is 1. The second kappa shape index (κ2) is 5.07. The molecular weight excluding hydrogens is 222 g/mol. The van der Waals surface area contributed by atoms with Crippen LogP contribution in [-0.2, 0) is 0 Å². The average molecular weight is 240 g/mol. The van der Waals surface area contributed by atoms with Crippen molar-refractivity contribution >= 4 is 11.6 Å². The van der Waals surface area contributed by atoms with Gasteiger partial charge in [-0.05, 0) is 55.5 Å². The first-order valence-corrected chi connectivity index (χ1v) is 6.15. The normalized spacial score (nSPS) is 20.8. The molecule has 0 aromatic heterocycles. The Morgan fingerprint density at radius 2 is 2.25 bits per heavy atom. The monoisotopic (exact) mass is 239 g/mol. The maximum atomic E-state index is 6.37. The number of halogens is 1. The molecule has 2 nitrogen and oxygen atoms in total. The van der Waals surface area contributed by atoms with Crippen LogP contribution >= 0.6 is 11.6 Å². The summed E-state index contributed by atoms with van der Waals surface area (Å²) in [5, 5.41) is 4.32. The molecule has 1 heterocycles. The van der Waals surface area contributed by atoms with Gasteiger partial charge in [0.2, 0.25) is 0 Å². The molecule has 0 bridgehead atoms. The Labute approximate surface area is 102 Å². The summed E-state index contributed by atoms with van der Waals surface area (Å²) in [7, 11) is 1.70. The van der Waals surface area contributed by atoms with Crippen molar-refractivity contribution in [2.75, 3.05) is 20.2 Å². The third-order valence-corrected chi connectivity index (χ3v) is 3.74. The van der Waals surface area contributed by atoms with E-state index in [1.807, 2.05) is 13.0 Å². The van der Waals surface area contributed by atoms with Gasteiger partial charge in [0.05, 0.1) is 7.11 Å². The third-order valence-electron chi connectivity index (χ3n) is 3.23. The van der Waals surface area contributed by atoms with E-state index in [1.165, 1.54) is 18.4 Å². The Bertz CT molecular complexity index is 372. The van der Waals surface area contributed by atoms with E-state index in [-0.39, 0.29) is 0 Å². The zero-order valence-corrected chi connectivity index (χ0v) is 10.6. The molecule has 1 aromatic rings. The number of methoxy groups -OCH3 is 1. The van der Waals surface area contributed by atoms with Crippen LogP contribution in [0.5, 0.6) is 5.75 Å². The highest BCUT2D eigenvalue weighted by Gasteiger charge is 2.19. The van der Waals surface area contributed by atoms with Gasteiger partial charge >= 0.3 is 0 Å². The molecule has 1 aliphatic rings. The van der Waals surface area contributed by atoms with Gasteiger partial charge in [-0.2, -0.15) is 0 Å². The summed E-state index contributed by atoms with van der Waals surface area (Å²) in [5.74, 6) is 1.43. The van der Waals surface area contributed by atoms with E-state index in [4.69, 9.17) is 16.3 Å². The molecular formula is C13H18ClNO. The standard InChI is InChI=1S/C13H18ClNO/c1-9-6-11(16-2)7-12(13(9)14)10-4-3-5-15-8-10/h6-7,10,15H,3-5,8H2,1-2H3. The van der Waals surface area contributed by atoms with E-state index in [2.05, 4.69) is 11.4 Å². The zero-order chi connectivity index (χ0) is 11.5. The van der Waals surface area contributed by atoms with E-state index >= 15 is 0 Å². The fourth-order valence-corrected chi connectivity index (χ4v) is 2.56. The molecule has 1 fully saturated rings. The van der Waals surface area contributed by atoms with Crippen molar-refractivity contribution in [2.45, 2.75) is 25.7 Å². The van der Waals surface area contributed by atoms with Gasteiger partial charge in [-0.15, -0.1) is 0 Å². The number of benzene rings is 1. The van der Waals surface area contributed by atoms with Crippen molar-refractivity contribution in [1.29, 1.82) is 0 Å². The minimum atomic E-state index is 0.523. The average Bonchev–Trinajstić information content (AvgIpc) is 2.33. The molecule has 88 valence electrons. The fourth-order valence-electron chi connectivity index (χ4n) is 2.29. The molecule has 0 amide bonds. The number of ether oxygens (including phenoxy) is 1. The maximum absolute atomic E-state index is 6.37. The molecule has 0 saturated carbocycles. The van der Waals surface area contributed by atoms with Crippen LogP contribution in [0.25, 0.3) is 0 Å². The van der Waals surface area contributed by atoms with Crippen LogP contribution < -0.4 is 10.1 Å². The Morgan fingerprint density at radius 1 is 1.44 bits per heavy atom. The molecule has 1 aromatic carbocycles. The predicted molar refractivity (Wildman–Crippen MR) is 67.6 cm³/mol. The summed E-state index contributed by atoms with van der Waals surface area (Å²) in [6.07, 6.45) is 2.43. The molecule has 0 radical (unpaired) electrons. The van der Waals surface area contributed by atoms with Crippen LogP contribution in [0.1, 0.15) is 29.9 Å². The Balaban J connectivity index is 2.33. The van der Waals surface area contributed by atoms with Gasteiger partial charge in [-0.25, -0.2) is 0 Å². The molecule has 1 atom stereocenters. The highest BCUT2D eigenvalue weighted by atomic mass is 35.5. The van der Waals surface area contributed by atoms with Crippen LogP contribution in [0, 0.1) is 6.92 Å². The van der Waals surface area contributed by atoms with Crippen molar-refractivity contribution in [2.24, 2.45) is 0 Å². The number of rotatable bonds is 2. The summed E-state index contributed by atoms with van der Waals surface area (Å²) < 4.78 is 5.30. The summed E-state index contributed by atoms with van der Waals surface area (Å²) >= 11 is 6.37. The first-order valence-electron chi connectivity index (χ1n) is 5.77. The van der Waals surface area contributed by atoms with Gasteiger partial charge in [0.15, 0.2) is 0 Å². The summed E-state index contributed by atoms with van der Waals surface area (Å²) in [6.45, 7) is 4.17. The quantitative estimate of drug-likeness (QED) is 0.856. The van der Waals surface area contributed by atoms with Crippen LogP contribution in [-0.4, -0.2) is 20.2 Å². The smallest absolute Gasteiger partial charge is 0.119 e. The summed E-state index contributed by atoms with van der Waals surface area (Å²) in [5.41, 5.74) is 2.33. The second-order valence-electron chi connectivity index (χ2n) is 4.39. The van der Waals surface area contributed by atoms with Crippen molar-refractivity contribution in [3.63, 3.8) is 0 Å². The van der Waals surface area contributed by atoms with Crippen LogP contribution in [0.4, 0.5) is 0 Å². The predicted octanol–water partition coefficient (Wildman–Crippen LogP) is 3.12. The highest BCUT2D eigenvalue weighted by Crippen LogP contribution is 2.34. The third kappa shape index (κ3) is 2.33. The van der Waals surface area contributed by atoms with E-state index in [0.717, 1.165) is 29.4 Å². The lowest BCUT2D eigenvalue weighted by Crippen LogP contribution is -2.28. The summed E-state index contributed by atoms with van der Waals surface area (Å²) in [6, 6.07) is 4.06. The lowest BCUT2D eigenvalue weighted by molar-refractivity contribution is 0.411. The van der Waals surface area contributed by atoms with E-state index in [9.17, 15) is 0 Å². The molecule has 3 heteroatoms. The van der Waals surface area contributed by atoms with Gasteiger partial charge in [0.25, 0.3) is 0 Å². The van der Waals surface area contributed by atoms with Crippen LogP contribution in [0.2, 0.25) is 5.02 Å². The minimum Gasteiger partial charge on any atom is -0.497 e. The van der Waals surface area contributed by atoms with E-state index in [0.29, 0.717) is 5.92 Å². The lowest BCUT2D eigenvalue weighted by atomic mass is 9.90. The second-order valence-corrected chi connectivity index (χ2v) is 4.77. The molecule has 1 N–H and O–H groups in total. The van der Waals surface area contributed by atoms with Gasteiger partial charge < -0.3 is 10.1 Å². The molecule has 16 heavy (non-hydrogen) atoms. The Morgan fingerprint density at radius 3 is 2.88 bits per heavy atom. The van der Waals surface area contributed by atoms with Crippen molar-refractivity contribution in [3.05, 3.63) is 28.3 Å². The van der Waals surface area contributed by atoms with E-state index < -0.39 is 0 Å². The molecule has 0 aliphatic carbocycles. The maximum Gasteiger partial charge on any atom is 0.119 e. The highest BCUT2D eigenvalue weighted by molar-refractivity contribution is 6.32. The fraction of sp³-hybridized carbons (Fsp3) is 0.538. The minimum absolute atomic E-state index is 0.523. The van der Waals surface area contributed by atoms with Crippen molar-refractivity contribution in [1.82, 2.24) is 5.32 Å². The number of piperidine rings is 1. The number of hydrogen-bond acceptors (Lipinski definition) is 2. The molecule has 1 aliphatic heterocycles. The van der Waals surface area contributed by atoms with Gasteiger partial charge in [0.1, 0.15) is 5.75 Å². The zero-order valence-electron chi connectivity index (χ0n) is 9.85.